The number of rotatable bonds is 4. The molecule has 0 spiro atoms. The Bertz CT molecular complexity index is 590. The van der Waals surface area contributed by atoms with E-state index >= 15 is 0 Å². The van der Waals surface area contributed by atoms with Crippen LogP contribution in [0.4, 0.5) is 4.39 Å². The molecule has 0 amide bonds. The molecular formula is C17H17BrClF. The van der Waals surface area contributed by atoms with Crippen LogP contribution in [-0.4, -0.2) is 0 Å². The van der Waals surface area contributed by atoms with Crippen LogP contribution in [0.25, 0.3) is 0 Å². The van der Waals surface area contributed by atoms with E-state index in [2.05, 4.69) is 41.9 Å². The lowest BCUT2D eigenvalue weighted by atomic mass is 9.96. The van der Waals surface area contributed by atoms with E-state index < -0.39 is 5.38 Å². The van der Waals surface area contributed by atoms with Gasteiger partial charge in [-0.1, -0.05) is 54.0 Å². The molecule has 0 saturated carbocycles. The molecule has 0 nitrogen and oxygen atoms in total. The van der Waals surface area contributed by atoms with Crippen LogP contribution >= 0.6 is 27.5 Å². The van der Waals surface area contributed by atoms with Crippen LogP contribution < -0.4 is 0 Å². The van der Waals surface area contributed by atoms with Gasteiger partial charge in [-0.15, -0.1) is 11.6 Å². The average molecular weight is 356 g/mol. The quantitative estimate of drug-likeness (QED) is 0.586. The molecule has 1 unspecified atom stereocenters. The summed E-state index contributed by atoms with van der Waals surface area (Å²) >= 11 is 9.88. The molecule has 0 radical (unpaired) electrons. The van der Waals surface area contributed by atoms with Crippen molar-refractivity contribution in [1.82, 2.24) is 0 Å². The Hall–Kier alpha value is -0.860. The van der Waals surface area contributed by atoms with Crippen molar-refractivity contribution < 1.29 is 4.39 Å². The molecule has 1 atom stereocenters. The maximum absolute atomic E-state index is 14.0. The third kappa shape index (κ3) is 3.07. The van der Waals surface area contributed by atoms with Gasteiger partial charge in [-0.05, 0) is 41.7 Å². The predicted molar refractivity (Wildman–Crippen MR) is 87.0 cm³/mol. The maximum Gasteiger partial charge on any atom is 0.129 e. The highest BCUT2D eigenvalue weighted by molar-refractivity contribution is 9.10. The zero-order chi connectivity index (χ0) is 14.7. The lowest BCUT2D eigenvalue weighted by Gasteiger charge is -2.16. The molecule has 0 heterocycles. The molecular weight excluding hydrogens is 339 g/mol. The first-order chi connectivity index (χ1) is 9.58. The van der Waals surface area contributed by atoms with Gasteiger partial charge in [0.1, 0.15) is 5.82 Å². The minimum Gasteiger partial charge on any atom is -0.207 e. The molecule has 0 aromatic heterocycles. The molecule has 2 aromatic carbocycles. The second kappa shape index (κ2) is 6.73. The maximum atomic E-state index is 14.0. The Labute approximate surface area is 133 Å². The van der Waals surface area contributed by atoms with Gasteiger partial charge in [0.15, 0.2) is 0 Å². The topological polar surface area (TPSA) is 0 Å². The monoisotopic (exact) mass is 354 g/mol. The van der Waals surface area contributed by atoms with E-state index in [1.165, 1.54) is 17.2 Å². The molecule has 20 heavy (non-hydrogen) atoms. The molecule has 0 fully saturated rings. The second-order valence-corrected chi connectivity index (χ2v) is 6.02. The zero-order valence-electron chi connectivity index (χ0n) is 11.6. The van der Waals surface area contributed by atoms with E-state index in [0.29, 0.717) is 10.0 Å². The minimum atomic E-state index is -0.484. The number of halogens is 3. The van der Waals surface area contributed by atoms with E-state index in [1.54, 1.807) is 6.07 Å². The third-order valence-corrected chi connectivity index (χ3v) is 4.70. The van der Waals surface area contributed by atoms with Gasteiger partial charge < -0.3 is 0 Å². The van der Waals surface area contributed by atoms with Gasteiger partial charge in [0.25, 0.3) is 0 Å². The Morgan fingerprint density at radius 1 is 1.10 bits per heavy atom. The third-order valence-electron chi connectivity index (χ3n) is 3.54. The highest BCUT2D eigenvalue weighted by Gasteiger charge is 2.19. The first-order valence-corrected chi connectivity index (χ1v) is 8.01. The van der Waals surface area contributed by atoms with E-state index in [9.17, 15) is 4.39 Å². The van der Waals surface area contributed by atoms with Gasteiger partial charge in [0, 0.05) is 10.0 Å². The first kappa shape index (κ1) is 15.5. The lowest BCUT2D eigenvalue weighted by molar-refractivity contribution is 0.611. The largest absolute Gasteiger partial charge is 0.207 e. The number of aryl methyl sites for hydroxylation is 2. The fourth-order valence-electron chi connectivity index (χ4n) is 2.40. The van der Waals surface area contributed by atoms with Crippen molar-refractivity contribution in [3.63, 3.8) is 0 Å². The summed E-state index contributed by atoms with van der Waals surface area (Å²) in [5.74, 6) is -0.281. The molecule has 0 N–H and O–H groups in total. The number of hydrogen-bond donors (Lipinski definition) is 0. The van der Waals surface area contributed by atoms with E-state index in [0.717, 1.165) is 18.4 Å². The van der Waals surface area contributed by atoms with Crippen LogP contribution in [0.5, 0.6) is 0 Å². The van der Waals surface area contributed by atoms with Gasteiger partial charge in [-0.2, -0.15) is 0 Å². The van der Waals surface area contributed by atoms with Crippen molar-refractivity contribution in [1.29, 1.82) is 0 Å². The second-order valence-electron chi connectivity index (χ2n) is 4.73. The van der Waals surface area contributed by atoms with Crippen LogP contribution in [0, 0.1) is 5.82 Å². The van der Waals surface area contributed by atoms with Gasteiger partial charge in [-0.3, -0.25) is 0 Å². The van der Waals surface area contributed by atoms with E-state index in [1.807, 2.05) is 12.1 Å². The average Bonchev–Trinajstić information content (AvgIpc) is 2.46. The van der Waals surface area contributed by atoms with Crippen molar-refractivity contribution in [3.05, 3.63) is 68.9 Å². The number of hydrogen-bond acceptors (Lipinski definition) is 0. The van der Waals surface area contributed by atoms with Crippen LogP contribution in [0.1, 0.15) is 41.5 Å². The van der Waals surface area contributed by atoms with Crippen molar-refractivity contribution in [3.8, 4) is 0 Å². The Kier molecular flexibility index (Phi) is 5.22. The predicted octanol–water partition coefficient (Wildman–Crippen LogP) is 6.04. The van der Waals surface area contributed by atoms with Crippen LogP contribution in [0.3, 0.4) is 0 Å². The summed E-state index contributed by atoms with van der Waals surface area (Å²) < 4.78 is 14.7. The van der Waals surface area contributed by atoms with Crippen molar-refractivity contribution >= 4 is 27.5 Å². The van der Waals surface area contributed by atoms with Crippen LogP contribution in [0.15, 0.2) is 40.9 Å². The summed E-state index contributed by atoms with van der Waals surface area (Å²) in [6, 6.07) is 11.1. The lowest BCUT2D eigenvalue weighted by Crippen LogP contribution is -2.01. The van der Waals surface area contributed by atoms with Crippen LogP contribution in [0.2, 0.25) is 0 Å². The van der Waals surface area contributed by atoms with Gasteiger partial charge in [0.2, 0.25) is 0 Å². The summed E-state index contributed by atoms with van der Waals surface area (Å²) in [5, 5.41) is -0.484. The molecule has 106 valence electrons. The fraction of sp³-hybridized carbons (Fsp3) is 0.294. The normalized spacial score (nSPS) is 12.4. The summed E-state index contributed by atoms with van der Waals surface area (Å²) in [6.45, 7) is 4.26. The molecule has 0 aliphatic carbocycles. The standard InChI is InChI=1S/C17H17BrClF/c1-3-11-8-9-13(10-12(11)4-2)17(19)16-14(18)6-5-7-15(16)20/h5-10,17H,3-4H2,1-2H3. The SMILES string of the molecule is CCc1ccc(C(Cl)c2c(F)cccc2Br)cc1CC. The van der Waals surface area contributed by atoms with Crippen LogP contribution in [-0.2, 0) is 12.8 Å². The number of benzene rings is 2. The van der Waals surface area contributed by atoms with Crippen molar-refractivity contribution in [2.75, 3.05) is 0 Å². The molecule has 0 aliphatic heterocycles. The summed E-state index contributed by atoms with van der Waals surface area (Å²) in [7, 11) is 0. The first-order valence-electron chi connectivity index (χ1n) is 6.78. The smallest absolute Gasteiger partial charge is 0.129 e. The Morgan fingerprint density at radius 3 is 2.40 bits per heavy atom. The van der Waals surface area contributed by atoms with E-state index in [-0.39, 0.29) is 5.82 Å². The zero-order valence-corrected chi connectivity index (χ0v) is 13.9. The molecule has 2 aromatic rings. The highest BCUT2D eigenvalue weighted by Crippen LogP contribution is 2.36. The number of alkyl halides is 1. The van der Waals surface area contributed by atoms with Crippen molar-refractivity contribution in [2.45, 2.75) is 32.1 Å². The molecule has 0 saturated heterocycles. The molecule has 0 aliphatic rings. The highest BCUT2D eigenvalue weighted by atomic mass is 79.9. The molecule has 2 rings (SSSR count). The minimum absolute atomic E-state index is 0.281. The van der Waals surface area contributed by atoms with Crippen molar-refractivity contribution in [2.24, 2.45) is 0 Å². The molecule has 0 bridgehead atoms. The summed E-state index contributed by atoms with van der Waals surface area (Å²) in [6.07, 6.45) is 1.96. The summed E-state index contributed by atoms with van der Waals surface area (Å²) in [4.78, 5) is 0. The van der Waals surface area contributed by atoms with Gasteiger partial charge in [-0.25, -0.2) is 4.39 Å². The fourth-order valence-corrected chi connectivity index (χ4v) is 3.46. The molecule has 3 heteroatoms. The Morgan fingerprint density at radius 2 is 1.80 bits per heavy atom. The van der Waals surface area contributed by atoms with E-state index in [4.69, 9.17) is 11.6 Å². The summed E-state index contributed by atoms with van der Waals surface area (Å²) in [5.41, 5.74) is 4.04. The van der Waals surface area contributed by atoms with Gasteiger partial charge in [0.05, 0.1) is 5.38 Å². The van der Waals surface area contributed by atoms with Gasteiger partial charge >= 0.3 is 0 Å². The Balaban J connectivity index is 2.46.